The Balaban J connectivity index is 2.38. The highest BCUT2D eigenvalue weighted by atomic mass is 16.5. The number of hydrogen-bond acceptors (Lipinski definition) is 4. The lowest BCUT2D eigenvalue weighted by Crippen LogP contribution is -2.04. The maximum atomic E-state index is 11.6. The standard InChI is InChI=1S/C22H16O5/c1-27-20-5-3-2-4-18(20)21(14-8-10-17(24)11-9-14)19-12-15(22(25)26)6-7-16(19)13-23/h2-13H,1H3,(H,25,26). The van der Waals surface area contributed by atoms with E-state index in [0.29, 0.717) is 39.9 Å². The molecule has 0 fully saturated rings. The molecule has 0 saturated heterocycles. The minimum absolute atomic E-state index is 0.0587. The van der Waals surface area contributed by atoms with Crippen LogP contribution in [0.2, 0.25) is 0 Å². The SMILES string of the molecule is COc1ccccc1C(=C1C=CC(=O)C=C1)c1cc(C(=O)O)ccc1C=O. The van der Waals surface area contributed by atoms with E-state index < -0.39 is 5.97 Å². The van der Waals surface area contributed by atoms with E-state index in [1.54, 1.807) is 18.2 Å². The van der Waals surface area contributed by atoms with Crippen molar-refractivity contribution in [2.24, 2.45) is 0 Å². The summed E-state index contributed by atoms with van der Waals surface area (Å²) >= 11 is 0. The predicted molar refractivity (Wildman–Crippen MR) is 101 cm³/mol. The Hall–Kier alpha value is -3.73. The van der Waals surface area contributed by atoms with Crippen molar-refractivity contribution >= 4 is 23.6 Å². The average Bonchev–Trinajstić information content (AvgIpc) is 2.70. The maximum Gasteiger partial charge on any atom is 0.335 e. The molecular formula is C22H16O5. The summed E-state index contributed by atoms with van der Waals surface area (Å²) in [6.45, 7) is 0. The lowest BCUT2D eigenvalue weighted by molar-refractivity contribution is -0.110. The van der Waals surface area contributed by atoms with Gasteiger partial charge in [0.05, 0.1) is 12.7 Å². The first kappa shape index (κ1) is 18.1. The molecule has 0 amide bonds. The van der Waals surface area contributed by atoms with Crippen LogP contribution in [0.4, 0.5) is 0 Å². The van der Waals surface area contributed by atoms with Crippen LogP contribution in [0.5, 0.6) is 5.75 Å². The summed E-state index contributed by atoms with van der Waals surface area (Å²) in [6, 6.07) is 11.6. The van der Waals surface area contributed by atoms with Crippen molar-refractivity contribution in [3.8, 4) is 5.75 Å². The van der Waals surface area contributed by atoms with Gasteiger partial charge >= 0.3 is 5.97 Å². The summed E-state index contributed by atoms with van der Waals surface area (Å²) in [5, 5.41) is 9.37. The van der Waals surface area contributed by atoms with Gasteiger partial charge in [-0.1, -0.05) is 36.4 Å². The van der Waals surface area contributed by atoms with Gasteiger partial charge in [0, 0.05) is 16.7 Å². The summed E-state index contributed by atoms with van der Waals surface area (Å²) in [6.07, 6.45) is 6.81. The first-order chi connectivity index (χ1) is 13.0. The Bertz CT molecular complexity index is 1010. The number of para-hydroxylation sites is 1. The number of carboxylic acid groups (broad SMARTS) is 1. The zero-order valence-corrected chi connectivity index (χ0v) is 14.5. The van der Waals surface area contributed by atoms with Gasteiger partial charge in [0.1, 0.15) is 5.75 Å². The van der Waals surface area contributed by atoms with E-state index in [9.17, 15) is 19.5 Å². The molecule has 2 aromatic carbocycles. The third kappa shape index (κ3) is 3.62. The monoisotopic (exact) mass is 360 g/mol. The summed E-state index contributed by atoms with van der Waals surface area (Å²) in [5.41, 5.74) is 2.82. The predicted octanol–water partition coefficient (Wildman–Crippen LogP) is 3.70. The molecular weight excluding hydrogens is 344 g/mol. The third-order valence-corrected chi connectivity index (χ3v) is 4.22. The normalized spacial score (nSPS) is 12.8. The number of rotatable bonds is 5. The summed E-state index contributed by atoms with van der Waals surface area (Å²) in [4.78, 5) is 34.6. The van der Waals surface area contributed by atoms with Gasteiger partial charge in [-0.05, 0) is 41.5 Å². The molecule has 5 heteroatoms. The van der Waals surface area contributed by atoms with Gasteiger partial charge in [-0.2, -0.15) is 0 Å². The van der Waals surface area contributed by atoms with Crippen molar-refractivity contribution in [3.63, 3.8) is 0 Å². The number of carbonyl (C=O) groups excluding carboxylic acids is 2. The number of ether oxygens (including phenoxy) is 1. The van der Waals surface area contributed by atoms with Crippen molar-refractivity contribution in [1.82, 2.24) is 0 Å². The molecule has 1 N–H and O–H groups in total. The number of allylic oxidation sites excluding steroid dienone is 5. The fraction of sp³-hybridized carbons (Fsp3) is 0.0455. The maximum absolute atomic E-state index is 11.6. The van der Waals surface area contributed by atoms with Crippen LogP contribution < -0.4 is 4.74 Å². The number of ketones is 1. The van der Waals surface area contributed by atoms with Crippen molar-refractivity contribution in [2.75, 3.05) is 7.11 Å². The molecule has 0 heterocycles. The number of benzene rings is 2. The number of aldehydes is 1. The minimum Gasteiger partial charge on any atom is -0.496 e. The van der Waals surface area contributed by atoms with Gasteiger partial charge in [-0.3, -0.25) is 9.59 Å². The largest absolute Gasteiger partial charge is 0.496 e. The lowest BCUT2D eigenvalue weighted by Gasteiger charge is -2.18. The molecule has 27 heavy (non-hydrogen) atoms. The molecule has 3 rings (SSSR count). The second kappa shape index (κ2) is 7.66. The number of methoxy groups -OCH3 is 1. The quantitative estimate of drug-likeness (QED) is 0.822. The van der Waals surface area contributed by atoms with E-state index in [1.807, 2.05) is 18.2 Å². The highest BCUT2D eigenvalue weighted by Crippen LogP contribution is 2.36. The fourth-order valence-corrected chi connectivity index (χ4v) is 2.94. The second-order valence-electron chi connectivity index (χ2n) is 5.82. The smallest absolute Gasteiger partial charge is 0.335 e. The van der Waals surface area contributed by atoms with Crippen LogP contribution in [0.1, 0.15) is 31.8 Å². The summed E-state index contributed by atoms with van der Waals surface area (Å²) in [7, 11) is 1.53. The summed E-state index contributed by atoms with van der Waals surface area (Å²) in [5.74, 6) is -0.674. The molecule has 1 aliphatic carbocycles. The Morgan fingerprint density at radius 1 is 1.00 bits per heavy atom. The molecule has 0 aliphatic heterocycles. The van der Waals surface area contributed by atoms with Gasteiger partial charge in [0.2, 0.25) is 0 Å². The highest BCUT2D eigenvalue weighted by Gasteiger charge is 2.19. The van der Waals surface area contributed by atoms with Crippen LogP contribution in [0.3, 0.4) is 0 Å². The number of aromatic carboxylic acids is 1. The van der Waals surface area contributed by atoms with Gasteiger partial charge in [-0.15, -0.1) is 0 Å². The average molecular weight is 360 g/mol. The topological polar surface area (TPSA) is 80.7 Å². The zero-order chi connectivity index (χ0) is 19.4. The van der Waals surface area contributed by atoms with Crippen LogP contribution in [-0.4, -0.2) is 30.3 Å². The summed E-state index contributed by atoms with van der Waals surface area (Å²) < 4.78 is 5.46. The van der Waals surface area contributed by atoms with E-state index in [1.165, 1.54) is 37.5 Å². The van der Waals surface area contributed by atoms with Crippen molar-refractivity contribution in [1.29, 1.82) is 0 Å². The molecule has 0 saturated carbocycles. The molecule has 0 spiro atoms. The van der Waals surface area contributed by atoms with E-state index in [0.717, 1.165) is 0 Å². The van der Waals surface area contributed by atoms with E-state index in [4.69, 9.17) is 4.74 Å². The van der Waals surface area contributed by atoms with E-state index in [-0.39, 0.29) is 11.3 Å². The van der Waals surface area contributed by atoms with Crippen molar-refractivity contribution in [2.45, 2.75) is 0 Å². The first-order valence-corrected chi connectivity index (χ1v) is 8.16. The lowest BCUT2D eigenvalue weighted by atomic mass is 9.87. The van der Waals surface area contributed by atoms with Crippen molar-refractivity contribution in [3.05, 3.63) is 94.6 Å². The minimum atomic E-state index is -1.09. The van der Waals surface area contributed by atoms with Gasteiger partial charge in [-0.25, -0.2) is 4.79 Å². The third-order valence-electron chi connectivity index (χ3n) is 4.22. The van der Waals surface area contributed by atoms with E-state index >= 15 is 0 Å². The second-order valence-corrected chi connectivity index (χ2v) is 5.82. The molecule has 2 aromatic rings. The number of carbonyl (C=O) groups is 3. The molecule has 1 aliphatic rings. The van der Waals surface area contributed by atoms with Crippen LogP contribution in [0, 0.1) is 0 Å². The Labute approximate surface area is 155 Å². The molecule has 0 aromatic heterocycles. The first-order valence-electron chi connectivity index (χ1n) is 8.16. The van der Waals surface area contributed by atoms with Crippen LogP contribution in [0.25, 0.3) is 5.57 Å². The number of hydrogen-bond donors (Lipinski definition) is 1. The molecule has 0 radical (unpaired) electrons. The molecule has 0 unspecified atom stereocenters. The van der Waals surface area contributed by atoms with E-state index in [2.05, 4.69) is 0 Å². The molecule has 134 valence electrons. The Kier molecular flexibility index (Phi) is 5.13. The van der Waals surface area contributed by atoms with Crippen LogP contribution >= 0.6 is 0 Å². The van der Waals surface area contributed by atoms with Crippen LogP contribution in [-0.2, 0) is 4.79 Å². The Morgan fingerprint density at radius 3 is 2.33 bits per heavy atom. The zero-order valence-electron chi connectivity index (χ0n) is 14.5. The van der Waals surface area contributed by atoms with Gasteiger partial charge in [0.25, 0.3) is 0 Å². The Morgan fingerprint density at radius 2 is 1.70 bits per heavy atom. The van der Waals surface area contributed by atoms with Gasteiger partial charge in [0.15, 0.2) is 12.1 Å². The number of carboxylic acids is 1. The molecule has 0 atom stereocenters. The van der Waals surface area contributed by atoms with Crippen molar-refractivity contribution < 1.29 is 24.2 Å². The van der Waals surface area contributed by atoms with Crippen LogP contribution in [0.15, 0.2) is 72.3 Å². The highest BCUT2D eigenvalue weighted by molar-refractivity contribution is 6.04. The molecule has 0 bridgehead atoms. The molecule has 5 nitrogen and oxygen atoms in total. The fourth-order valence-electron chi connectivity index (χ4n) is 2.94. The van der Waals surface area contributed by atoms with Gasteiger partial charge < -0.3 is 9.84 Å².